The van der Waals surface area contributed by atoms with Gasteiger partial charge in [0.05, 0.1) is 22.5 Å². The van der Waals surface area contributed by atoms with Crippen molar-refractivity contribution in [2.24, 2.45) is 0 Å². The molecule has 0 aliphatic heterocycles. The Labute approximate surface area is 632 Å². The summed E-state index contributed by atoms with van der Waals surface area (Å²) in [6.45, 7) is 0. The molecule has 13 nitrogen and oxygen atoms in total. The highest BCUT2D eigenvalue weighted by Gasteiger charge is 2.24. The zero-order valence-corrected chi connectivity index (χ0v) is 59.0. The lowest BCUT2D eigenvalue weighted by molar-refractivity contribution is 0.669. The fourth-order valence-electron chi connectivity index (χ4n) is 14.0. The summed E-state index contributed by atoms with van der Waals surface area (Å²) < 4.78 is 13.4. The van der Waals surface area contributed by atoms with E-state index < -0.39 is 0 Å². The molecular weight excluding hydrogens is 1350 g/mol. The van der Waals surface area contributed by atoms with Crippen LogP contribution in [-0.2, 0) is 0 Å². The van der Waals surface area contributed by atoms with Crippen LogP contribution >= 0.6 is 0 Å². The van der Waals surface area contributed by atoms with E-state index >= 15 is 0 Å². The number of nitrogens with zero attached hydrogens (tertiary/aromatic N) is 11. The summed E-state index contributed by atoms with van der Waals surface area (Å²) in [5.41, 5.74) is 20.0. The van der Waals surface area contributed by atoms with E-state index in [0.29, 0.717) is 58.2 Å². The summed E-state index contributed by atoms with van der Waals surface area (Å²) in [5, 5.41) is 4.03. The van der Waals surface area contributed by atoms with Crippen molar-refractivity contribution in [2.45, 2.75) is 0 Å². The van der Waals surface area contributed by atoms with Crippen molar-refractivity contribution in [3.63, 3.8) is 0 Å². The summed E-state index contributed by atoms with van der Waals surface area (Å²) >= 11 is 0. The molecule has 6 heterocycles. The lowest BCUT2D eigenvalue weighted by Crippen LogP contribution is -2.00. The van der Waals surface area contributed by atoms with Gasteiger partial charge in [-0.2, -0.15) is 0 Å². The number of furan rings is 2. The van der Waals surface area contributed by atoms with Gasteiger partial charge in [0.1, 0.15) is 22.3 Å². The first-order valence-electron chi connectivity index (χ1n) is 36.2. The number of rotatable bonds is 14. The van der Waals surface area contributed by atoms with Crippen molar-refractivity contribution >= 4 is 43.9 Å². The Kier molecular flexibility index (Phi) is 17.3. The largest absolute Gasteiger partial charge is 0.455 e. The Morgan fingerprint density at radius 2 is 0.373 bits per heavy atom. The molecule has 0 saturated heterocycles. The van der Waals surface area contributed by atoms with Crippen molar-refractivity contribution < 1.29 is 8.83 Å². The fourth-order valence-corrected chi connectivity index (χ4v) is 14.0. The quantitative estimate of drug-likeness (QED) is 0.101. The molecule has 516 valence electrons. The van der Waals surface area contributed by atoms with Crippen molar-refractivity contribution in [3.8, 4) is 159 Å². The van der Waals surface area contributed by atoms with E-state index in [-0.39, 0.29) is 0 Å². The maximum absolute atomic E-state index is 6.69. The number of fused-ring (bicyclic) bond motifs is 6. The predicted octanol–water partition coefficient (Wildman–Crippen LogP) is 23.9. The first-order valence-corrected chi connectivity index (χ1v) is 36.2. The maximum atomic E-state index is 6.69. The molecule has 13 heteroatoms. The van der Waals surface area contributed by atoms with Crippen LogP contribution in [0, 0.1) is 0 Å². The van der Waals surface area contributed by atoms with Crippen LogP contribution in [0.4, 0.5) is 0 Å². The summed E-state index contributed by atoms with van der Waals surface area (Å²) in [7, 11) is 0. The van der Waals surface area contributed by atoms with Crippen molar-refractivity contribution in [1.29, 1.82) is 0 Å². The van der Waals surface area contributed by atoms with Crippen LogP contribution in [0.3, 0.4) is 0 Å². The van der Waals surface area contributed by atoms with Gasteiger partial charge in [-0.15, -0.1) is 0 Å². The second-order valence-electron chi connectivity index (χ2n) is 26.4. The van der Waals surface area contributed by atoms with Crippen molar-refractivity contribution in [3.05, 3.63) is 370 Å². The smallest absolute Gasteiger partial charge is 0.167 e. The van der Waals surface area contributed by atoms with E-state index in [2.05, 4.69) is 109 Å². The molecule has 0 fully saturated rings. The highest BCUT2D eigenvalue weighted by atomic mass is 16.3. The van der Waals surface area contributed by atoms with Gasteiger partial charge in [-0.25, -0.2) is 54.8 Å². The lowest BCUT2D eigenvalue weighted by Gasteiger charge is -2.10. The van der Waals surface area contributed by atoms with Gasteiger partial charge < -0.3 is 8.83 Å². The van der Waals surface area contributed by atoms with Crippen molar-refractivity contribution in [2.75, 3.05) is 0 Å². The van der Waals surface area contributed by atoms with E-state index in [1.807, 2.05) is 261 Å². The van der Waals surface area contributed by atoms with Crippen LogP contribution in [-0.4, -0.2) is 54.8 Å². The topological polar surface area (TPSA) is 168 Å². The molecule has 0 spiro atoms. The van der Waals surface area contributed by atoms with Gasteiger partial charge in [0, 0.05) is 77.2 Å². The molecule has 0 radical (unpaired) electrons. The van der Waals surface area contributed by atoms with Crippen LogP contribution in [0.2, 0.25) is 0 Å². The van der Waals surface area contributed by atoms with Crippen LogP contribution < -0.4 is 0 Å². The second-order valence-corrected chi connectivity index (χ2v) is 26.4. The molecule has 0 amide bonds. The van der Waals surface area contributed by atoms with Gasteiger partial charge in [0.25, 0.3) is 0 Å². The average Bonchev–Trinajstić information content (AvgIpc) is 1.60. The molecule has 0 aliphatic rings. The molecule has 0 N–H and O–H groups in total. The second kappa shape index (κ2) is 29.0. The lowest BCUT2D eigenvalue weighted by atomic mass is 9.97. The molecule has 110 heavy (non-hydrogen) atoms. The third-order valence-electron chi connectivity index (χ3n) is 19.4. The molecule has 14 aromatic carbocycles. The normalized spacial score (nSPS) is 11.3. The summed E-state index contributed by atoms with van der Waals surface area (Å²) in [5.74, 6) is 6.10. The molecule has 0 aliphatic carbocycles. The standard InChI is InChI=1S/C49H31N5O.C48H30N6O/c1-5-15-33(16-6-1)41-31-42(34-17-7-2-8-18-34)51-49(50-41)40-25-13-24-39-44-38(23-14-26-43(44)55-45(39)40)32-27-29-37(30-28-32)48-53-46(35-19-9-3-10-20-35)52-47(54-48)36-21-11-4-12-22-36;1-5-15-32(16-6-1)43-49-44(33-17-7-2-8-18-33)51-47(50-43)36-29-27-31(28-30-36)37-23-14-26-40-41(37)38-24-13-25-39(42(38)55-40)48-53-45(34-19-9-3-10-20-34)52-46(54-48)35-21-11-4-12-22-35/h1-31H;1-30H. The summed E-state index contributed by atoms with van der Waals surface area (Å²) in [4.78, 5) is 54.5. The van der Waals surface area contributed by atoms with E-state index in [9.17, 15) is 0 Å². The molecule has 20 aromatic rings. The zero-order valence-electron chi connectivity index (χ0n) is 59.0. The Morgan fingerprint density at radius 3 is 0.655 bits per heavy atom. The molecule has 0 unspecified atom stereocenters. The summed E-state index contributed by atoms with van der Waals surface area (Å²) in [6.07, 6.45) is 0. The number of hydrogen-bond donors (Lipinski definition) is 0. The fraction of sp³-hybridized carbons (Fsp3) is 0. The van der Waals surface area contributed by atoms with E-state index in [1.54, 1.807) is 0 Å². The SMILES string of the molecule is c1ccc(-c2cc(-c3ccccc3)nc(-c3cccc4c3oc3cccc(-c5ccc(-c6nc(-c7ccccc7)nc(-c7ccccc7)n6)cc5)c34)n2)cc1.c1ccc(-c2nc(-c3ccccc3)nc(-c3ccc(-c4cccc5oc6c(-c7nc(-c8ccccc8)nc(-c8ccccc8)n7)cccc6c45)cc3)n2)cc1. The van der Waals surface area contributed by atoms with Crippen LogP contribution in [0.15, 0.2) is 379 Å². The number of hydrogen-bond acceptors (Lipinski definition) is 13. The predicted molar refractivity (Wildman–Crippen MR) is 439 cm³/mol. The number of aromatic nitrogens is 11. The number of benzene rings is 14. The third kappa shape index (κ3) is 13.0. The minimum atomic E-state index is 0.547. The van der Waals surface area contributed by atoms with E-state index in [4.69, 9.17) is 63.7 Å². The first kappa shape index (κ1) is 65.5. The Morgan fingerprint density at radius 1 is 0.155 bits per heavy atom. The van der Waals surface area contributed by atoms with E-state index in [1.165, 1.54) is 0 Å². The van der Waals surface area contributed by atoms with Gasteiger partial charge in [-0.1, -0.05) is 340 Å². The van der Waals surface area contributed by atoms with E-state index in [0.717, 1.165) is 144 Å². The van der Waals surface area contributed by atoms with Crippen molar-refractivity contribution in [1.82, 2.24) is 54.8 Å². The van der Waals surface area contributed by atoms with Gasteiger partial charge >= 0.3 is 0 Å². The minimum Gasteiger partial charge on any atom is -0.455 e. The summed E-state index contributed by atoms with van der Waals surface area (Å²) in [6, 6.07) is 124. The molecule has 0 bridgehead atoms. The Bertz CT molecular complexity index is 6080. The highest BCUT2D eigenvalue weighted by Crippen LogP contribution is 2.44. The zero-order chi connectivity index (χ0) is 73.1. The third-order valence-corrected chi connectivity index (χ3v) is 19.4. The first-order chi connectivity index (χ1) is 54.5. The monoisotopic (exact) mass is 1410 g/mol. The highest BCUT2D eigenvalue weighted by molar-refractivity contribution is 6.16. The molecule has 0 atom stereocenters. The molecular formula is C97H61N11O2. The Hall–Kier alpha value is -15.2. The van der Waals surface area contributed by atoms with Gasteiger partial charge in [0.15, 0.2) is 58.2 Å². The molecule has 6 aromatic heterocycles. The van der Waals surface area contributed by atoms with Gasteiger partial charge in [-0.3, -0.25) is 0 Å². The minimum absolute atomic E-state index is 0.547. The van der Waals surface area contributed by atoms with Crippen LogP contribution in [0.1, 0.15) is 0 Å². The maximum Gasteiger partial charge on any atom is 0.167 e. The molecule has 20 rings (SSSR count). The number of para-hydroxylation sites is 2. The average molecular weight is 1410 g/mol. The van der Waals surface area contributed by atoms with Crippen LogP contribution in [0.25, 0.3) is 203 Å². The van der Waals surface area contributed by atoms with Gasteiger partial charge in [0.2, 0.25) is 0 Å². The molecule has 0 saturated carbocycles. The Balaban J connectivity index is 0.000000149. The van der Waals surface area contributed by atoms with Gasteiger partial charge in [-0.05, 0) is 52.6 Å². The van der Waals surface area contributed by atoms with Crippen LogP contribution in [0.5, 0.6) is 0 Å².